The van der Waals surface area contributed by atoms with Crippen LogP contribution in [0.2, 0.25) is 0 Å². The average molecular weight is 386 g/mol. The minimum atomic E-state index is -0.324. The minimum absolute atomic E-state index is 0.311. The fraction of sp³-hybridized carbons (Fsp3) is 0.600. The SMILES string of the molecule is CC1(C)OB(c2cc(OC3CC3)ccc2I)OC1(C)C. The second-order valence-corrected chi connectivity index (χ2v) is 7.75. The van der Waals surface area contributed by atoms with Gasteiger partial charge in [0.2, 0.25) is 0 Å². The van der Waals surface area contributed by atoms with E-state index < -0.39 is 0 Å². The van der Waals surface area contributed by atoms with Gasteiger partial charge in [0, 0.05) is 3.57 Å². The summed E-state index contributed by atoms with van der Waals surface area (Å²) in [5, 5.41) is 0. The van der Waals surface area contributed by atoms with E-state index in [9.17, 15) is 0 Å². The summed E-state index contributed by atoms with van der Waals surface area (Å²) >= 11 is 2.32. The van der Waals surface area contributed by atoms with Crippen LogP contribution in [0.5, 0.6) is 5.75 Å². The van der Waals surface area contributed by atoms with Crippen molar-refractivity contribution in [1.29, 1.82) is 0 Å². The maximum absolute atomic E-state index is 6.12. The van der Waals surface area contributed by atoms with Crippen LogP contribution in [0, 0.1) is 3.57 Å². The van der Waals surface area contributed by atoms with E-state index in [2.05, 4.69) is 62.4 Å². The molecular weight excluding hydrogens is 366 g/mol. The lowest BCUT2D eigenvalue weighted by Crippen LogP contribution is -2.41. The number of benzene rings is 1. The molecule has 108 valence electrons. The Morgan fingerprint density at radius 1 is 1.15 bits per heavy atom. The van der Waals surface area contributed by atoms with Gasteiger partial charge in [0.25, 0.3) is 0 Å². The van der Waals surface area contributed by atoms with E-state index in [-0.39, 0.29) is 18.3 Å². The number of hydrogen-bond acceptors (Lipinski definition) is 3. The molecule has 1 saturated heterocycles. The highest BCUT2D eigenvalue weighted by Crippen LogP contribution is 2.37. The van der Waals surface area contributed by atoms with Crippen molar-refractivity contribution in [2.24, 2.45) is 0 Å². The predicted molar refractivity (Wildman–Crippen MR) is 88.5 cm³/mol. The molecule has 20 heavy (non-hydrogen) atoms. The summed E-state index contributed by atoms with van der Waals surface area (Å²) in [7, 11) is -0.324. The van der Waals surface area contributed by atoms with E-state index >= 15 is 0 Å². The largest absolute Gasteiger partial charge is 0.496 e. The molecule has 2 aliphatic rings. The van der Waals surface area contributed by atoms with Crippen LogP contribution in [0.4, 0.5) is 0 Å². The second-order valence-electron chi connectivity index (χ2n) is 6.59. The van der Waals surface area contributed by atoms with Crippen molar-refractivity contribution >= 4 is 35.2 Å². The molecule has 0 N–H and O–H groups in total. The third-order valence-corrected chi connectivity index (χ3v) is 5.28. The van der Waals surface area contributed by atoms with Gasteiger partial charge in [0.05, 0.1) is 17.3 Å². The molecule has 1 aliphatic heterocycles. The van der Waals surface area contributed by atoms with E-state index in [1.165, 1.54) is 0 Å². The Kier molecular flexibility index (Phi) is 3.58. The molecule has 0 spiro atoms. The van der Waals surface area contributed by atoms with Crippen molar-refractivity contribution in [2.45, 2.75) is 57.8 Å². The summed E-state index contributed by atoms with van der Waals surface area (Å²) in [6.07, 6.45) is 2.73. The standard InChI is InChI=1S/C15H20BIO3/c1-14(2)15(3,4)20-16(19-14)12-9-11(7-8-13(12)17)18-10-5-6-10/h7-10H,5-6H2,1-4H3. The molecule has 3 rings (SSSR count). The van der Waals surface area contributed by atoms with E-state index in [0.717, 1.165) is 27.6 Å². The highest BCUT2D eigenvalue weighted by Gasteiger charge is 2.52. The van der Waals surface area contributed by atoms with Gasteiger partial charge in [-0.1, -0.05) is 0 Å². The summed E-state index contributed by atoms with van der Waals surface area (Å²) in [6, 6.07) is 6.15. The first-order chi connectivity index (χ1) is 9.28. The van der Waals surface area contributed by atoms with Crippen LogP contribution in [0.1, 0.15) is 40.5 Å². The third kappa shape index (κ3) is 2.72. The molecule has 0 atom stereocenters. The van der Waals surface area contributed by atoms with Crippen molar-refractivity contribution in [3.8, 4) is 5.75 Å². The Morgan fingerprint density at radius 3 is 2.30 bits per heavy atom. The van der Waals surface area contributed by atoms with Crippen molar-refractivity contribution < 1.29 is 14.0 Å². The van der Waals surface area contributed by atoms with Crippen LogP contribution in [0.25, 0.3) is 0 Å². The average Bonchev–Trinajstić information content (AvgIpc) is 3.10. The van der Waals surface area contributed by atoms with E-state index in [1.807, 2.05) is 6.07 Å². The summed E-state index contributed by atoms with van der Waals surface area (Å²) in [5.74, 6) is 0.914. The first-order valence-corrected chi connectivity index (χ1v) is 8.18. The Hall–Kier alpha value is -0.265. The van der Waals surface area contributed by atoms with Crippen LogP contribution in [0.15, 0.2) is 18.2 Å². The molecule has 1 saturated carbocycles. The van der Waals surface area contributed by atoms with E-state index in [4.69, 9.17) is 14.0 Å². The van der Waals surface area contributed by atoms with Crippen LogP contribution >= 0.6 is 22.6 Å². The predicted octanol–water partition coefficient (Wildman–Crippen LogP) is 3.13. The molecule has 0 amide bonds. The van der Waals surface area contributed by atoms with Gasteiger partial charge in [-0.2, -0.15) is 0 Å². The van der Waals surface area contributed by atoms with Gasteiger partial charge in [0.1, 0.15) is 5.75 Å². The highest BCUT2D eigenvalue weighted by molar-refractivity contribution is 14.1. The van der Waals surface area contributed by atoms with Gasteiger partial charge in [0.15, 0.2) is 0 Å². The molecule has 1 aromatic rings. The summed E-state index contributed by atoms with van der Waals surface area (Å²) in [5.41, 5.74) is 0.435. The van der Waals surface area contributed by atoms with Gasteiger partial charge < -0.3 is 14.0 Å². The van der Waals surface area contributed by atoms with Crippen molar-refractivity contribution in [3.05, 3.63) is 21.8 Å². The van der Waals surface area contributed by atoms with Gasteiger partial charge >= 0.3 is 7.12 Å². The zero-order valence-corrected chi connectivity index (χ0v) is 14.6. The lowest BCUT2D eigenvalue weighted by atomic mass is 9.79. The van der Waals surface area contributed by atoms with Crippen LogP contribution in [0.3, 0.4) is 0 Å². The zero-order valence-electron chi connectivity index (χ0n) is 12.4. The maximum Gasteiger partial charge on any atom is 0.496 e. The molecule has 2 fully saturated rings. The first kappa shape index (κ1) is 14.7. The zero-order chi connectivity index (χ0) is 14.5. The lowest BCUT2D eigenvalue weighted by molar-refractivity contribution is 0.00578. The topological polar surface area (TPSA) is 27.7 Å². The molecule has 5 heteroatoms. The van der Waals surface area contributed by atoms with Gasteiger partial charge in [-0.25, -0.2) is 0 Å². The smallest absolute Gasteiger partial charge is 0.490 e. The van der Waals surface area contributed by atoms with Gasteiger partial charge in [-0.05, 0) is 86.8 Å². The van der Waals surface area contributed by atoms with Crippen LogP contribution < -0.4 is 10.2 Å². The third-order valence-electron chi connectivity index (χ3n) is 4.30. The molecule has 0 aromatic heterocycles. The van der Waals surface area contributed by atoms with Crippen molar-refractivity contribution in [3.63, 3.8) is 0 Å². The lowest BCUT2D eigenvalue weighted by Gasteiger charge is -2.32. The highest BCUT2D eigenvalue weighted by atomic mass is 127. The fourth-order valence-electron chi connectivity index (χ4n) is 2.12. The Balaban J connectivity index is 1.86. The molecule has 1 heterocycles. The Bertz CT molecular complexity index is 510. The number of ether oxygens (including phenoxy) is 1. The van der Waals surface area contributed by atoms with Gasteiger partial charge in [-0.3, -0.25) is 0 Å². The summed E-state index contributed by atoms with van der Waals surface area (Å²) in [4.78, 5) is 0. The minimum Gasteiger partial charge on any atom is -0.490 e. The summed E-state index contributed by atoms with van der Waals surface area (Å²) < 4.78 is 19.3. The number of hydrogen-bond donors (Lipinski definition) is 0. The number of halogens is 1. The molecule has 3 nitrogen and oxygen atoms in total. The quantitative estimate of drug-likeness (QED) is 0.591. The van der Waals surface area contributed by atoms with Crippen LogP contribution in [-0.4, -0.2) is 24.4 Å². The normalized spacial score (nSPS) is 23.9. The van der Waals surface area contributed by atoms with Crippen molar-refractivity contribution in [2.75, 3.05) is 0 Å². The van der Waals surface area contributed by atoms with Crippen molar-refractivity contribution in [1.82, 2.24) is 0 Å². The summed E-state index contributed by atoms with van der Waals surface area (Å²) in [6.45, 7) is 8.30. The Labute approximate surface area is 134 Å². The molecule has 0 bridgehead atoms. The van der Waals surface area contributed by atoms with Crippen LogP contribution in [-0.2, 0) is 9.31 Å². The maximum atomic E-state index is 6.12. The monoisotopic (exact) mass is 386 g/mol. The fourth-order valence-corrected chi connectivity index (χ4v) is 2.71. The van der Waals surface area contributed by atoms with Gasteiger partial charge in [-0.15, -0.1) is 0 Å². The number of rotatable bonds is 3. The molecular formula is C15H20BIO3. The van der Waals surface area contributed by atoms with E-state index in [1.54, 1.807) is 0 Å². The molecule has 0 unspecified atom stereocenters. The second kappa shape index (κ2) is 4.88. The molecule has 1 aliphatic carbocycles. The first-order valence-electron chi connectivity index (χ1n) is 7.10. The van der Waals surface area contributed by atoms with E-state index in [0.29, 0.717) is 6.10 Å². The molecule has 1 aromatic carbocycles. The Morgan fingerprint density at radius 2 is 1.75 bits per heavy atom. The molecule has 0 radical (unpaired) electrons.